The highest BCUT2D eigenvalue weighted by atomic mass is 19.3. The first-order chi connectivity index (χ1) is 9.83. The molecule has 1 saturated carbocycles. The summed E-state index contributed by atoms with van der Waals surface area (Å²) in [4.78, 5) is 10.6. The summed E-state index contributed by atoms with van der Waals surface area (Å²) < 4.78 is 27.3. The summed E-state index contributed by atoms with van der Waals surface area (Å²) in [6.45, 7) is 1.79. The number of aldehydes is 1. The third-order valence-corrected chi connectivity index (χ3v) is 4.10. The number of carbonyl (C=O) groups is 1. The lowest BCUT2D eigenvalue weighted by Crippen LogP contribution is -2.32. The van der Waals surface area contributed by atoms with E-state index in [0.717, 1.165) is 6.08 Å². The molecule has 1 fully saturated rings. The van der Waals surface area contributed by atoms with Crippen LogP contribution in [0.4, 0.5) is 8.78 Å². The van der Waals surface area contributed by atoms with Crippen molar-refractivity contribution < 1.29 is 28.9 Å². The van der Waals surface area contributed by atoms with Crippen LogP contribution in [0.2, 0.25) is 0 Å². The number of unbranched alkanes of at least 4 members (excludes halogenated alkanes) is 1. The Labute approximate surface area is 123 Å². The first-order valence-corrected chi connectivity index (χ1v) is 7.37. The van der Waals surface area contributed by atoms with Gasteiger partial charge in [-0.15, -0.1) is 0 Å². The minimum absolute atomic E-state index is 0.0511. The SMILES string of the molecule is CCCCC(F)(F)[C@H](O)C=C[C@H]1[C@H](CC=O)[C@H](O)C[C@@H]1O. The molecule has 0 radical (unpaired) electrons. The molecule has 122 valence electrons. The Morgan fingerprint density at radius 3 is 2.57 bits per heavy atom. The minimum Gasteiger partial charge on any atom is -0.393 e. The van der Waals surface area contributed by atoms with Crippen LogP contribution in [0.25, 0.3) is 0 Å². The molecule has 3 N–H and O–H groups in total. The molecule has 1 aliphatic rings. The van der Waals surface area contributed by atoms with Gasteiger partial charge >= 0.3 is 0 Å². The normalized spacial score (nSPS) is 31.7. The zero-order chi connectivity index (χ0) is 16.0. The van der Waals surface area contributed by atoms with Gasteiger partial charge in [-0.05, 0) is 6.42 Å². The van der Waals surface area contributed by atoms with Gasteiger partial charge in [-0.3, -0.25) is 0 Å². The summed E-state index contributed by atoms with van der Waals surface area (Å²) in [5, 5.41) is 29.1. The Morgan fingerprint density at radius 1 is 1.33 bits per heavy atom. The standard InChI is InChI=1S/C15H24F2O4/c1-2-3-7-15(16,17)14(21)5-4-10-11(6-8-18)13(20)9-12(10)19/h4-5,8,10-14,19-21H,2-3,6-7,9H2,1H3/t10-,11-,12-,13+,14+/m0/s1. The summed E-state index contributed by atoms with van der Waals surface area (Å²) in [5.74, 6) is -4.30. The molecule has 0 saturated heterocycles. The zero-order valence-corrected chi connectivity index (χ0v) is 12.2. The van der Waals surface area contributed by atoms with Gasteiger partial charge in [-0.2, -0.15) is 0 Å². The van der Waals surface area contributed by atoms with E-state index in [0.29, 0.717) is 19.1 Å². The fourth-order valence-corrected chi connectivity index (χ4v) is 2.75. The fourth-order valence-electron chi connectivity index (χ4n) is 2.75. The Bertz CT molecular complexity index is 360. The summed E-state index contributed by atoms with van der Waals surface area (Å²) in [6, 6.07) is 0. The molecule has 0 aromatic heterocycles. The number of hydrogen-bond donors (Lipinski definition) is 3. The molecule has 4 nitrogen and oxygen atoms in total. The molecule has 1 rings (SSSR count). The van der Waals surface area contributed by atoms with Gasteiger partial charge in [0.25, 0.3) is 5.92 Å². The lowest BCUT2D eigenvalue weighted by Gasteiger charge is -2.22. The summed E-state index contributed by atoms with van der Waals surface area (Å²) in [7, 11) is 0. The third-order valence-electron chi connectivity index (χ3n) is 4.10. The van der Waals surface area contributed by atoms with Crippen LogP contribution < -0.4 is 0 Å². The number of aliphatic hydroxyl groups excluding tert-OH is 3. The number of alkyl halides is 2. The van der Waals surface area contributed by atoms with Gasteiger partial charge in [0, 0.05) is 31.1 Å². The van der Waals surface area contributed by atoms with Gasteiger partial charge in [0.05, 0.1) is 12.2 Å². The van der Waals surface area contributed by atoms with E-state index >= 15 is 0 Å². The molecule has 0 amide bonds. The number of halogens is 2. The molecule has 6 heteroatoms. The Morgan fingerprint density at radius 2 is 2.00 bits per heavy atom. The van der Waals surface area contributed by atoms with Gasteiger partial charge in [-0.1, -0.05) is 25.5 Å². The largest absolute Gasteiger partial charge is 0.393 e. The highest BCUT2D eigenvalue weighted by molar-refractivity contribution is 5.50. The van der Waals surface area contributed by atoms with Gasteiger partial charge in [0.2, 0.25) is 0 Å². The van der Waals surface area contributed by atoms with Crippen molar-refractivity contribution in [1.82, 2.24) is 0 Å². The van der Waals surface area contributed by atoms with Gasteiger partial charge in [0.15, 0.2) is 0 Å². The smallest absolute Gasteiger partial charge is 0.276 e. The Kier molecular flexibility index (Phi) is 6.90. The van der Waals surface area contributed by atoms with E-state index in [9.17, 15) is 28.9 Å². The Hall–Kier alpha value is -0.850. The van der Waals surface area contributed by atoms with E-state index < -0.39 is 42.5 Å². The second-order valence-electron chi connectivity index (χ2n) is 5.71. The Balaban J connectivity index is 2.70. The van der Waals surface area contributed by atoms with Crippen LogP contribution in [-0.2, 0) is 4.79 Å². The molecule has 0 aromatic carbocycles. The van der Waals surface area contributed by atoms with Crippen LogP contribution >= 0.6 is 0 Å². The monoisotopic (exact) mass is 306 g/mol. The molecule has 0 unspecified atom stereocenters. The quantitative estimate of drug-likeness (QED) is 0.471. The van der Waals surface area contributed by atoms with Gasteiger partial charge in [0.1, 0.15) is 12.4 Å². The lowest BCUT2D eigenvalue weighted by atomic mass is 9.90. The van der Waals surface area contributed by atoms with Crippen molar-refractivity contribution in [2.75, 3.05) is 0 Å². The summed E-state index contributed by atoms with van der Waals surface area (Å²) in [6.07, 6.45) is -0.0511. The molecular formula is C15H24F2O4. The van der Waals surface area contributed by atoms with Crippen molar-refractivity contribution in [1.29, 1.82) is 0 Å². The van der Waals surface area contributed by atoms with Gasteiger partial charge in [-0.25, -0.2) is 8.78 Å². The van der Waals surface area contributed by atoms with E-state index in [1.807, 2.05) is 0 Å². The van der Waals surface area contributed by atoms with Crippen LogP contribution in [0.1, 0.15) is 39.0 Å². The maximum absolute atomic E-state index is 13.6. The van der Waals surface area contributed by atoms with Crippen molar-refractivity contribution in [2.45, 2.75) is 63.3 Å². The molecule has 5 atom stereocenters. The van der Waals surface area contributed by atoms with Crippen molar-refractivity contribution in [3.05, 3.63) is 12.2 Å². The van der Waals surface area contributed by atoms with E-state index in [4.69, 9.17) is 0 Å². The van der Waals surface area contributed by atoms with Crippen LogP contribution in [0.15, 0.2) is 12.2 Å². The topological polar surface area (TPSA) is 77.8 Å². The zero-order valence-electron chi connectivity index (χ0n) is 12.2. The summed E-state index contributed by atoms with van der Waals surface area (Å²) in [5.41, 5.74) is 0. The van der Waals surface area contributed by atoms with E-state index in [-0.39, 0.29) is 12.8 Å². The van der Waals surface area contributed by atoms with Crippen LogP contribution in [0.3, 0.4) is 0 Å². The maximum Gasteiger partial charge on any atom is 0.276 e. The van der Waals surface area contributed by atoms with Crippen molar-refractivity contribution in [3.63, 3.8) is 0 Å². The van der Waals surface area contributed by atoms with Crippen molar-refractivity contribution in [2.24, 2.45) is 11.8 Å². The number of aliphatic hydroxyl groups is 3. The predicted octanol–water partition coefficient (Wildman–Crippen LogP) is 1.68. The molecule has 0 bridgehead atoms. The second-order valence-corrected chi connectivity index (χ2v) is 5.71. The van der Waals surface area contributed by atoms with E-state index in [1.54, 1.807) is 6.92 Å². The molecular weight excluding hydrogens is 282 g/mol. The van der Waals surface area contributed by atoms with Crippen molar-refractivity contribution in [3.8, 4) is 0 Å². The van der Waals surface area contributed by atoms with E-state index in [1.165, 1.54) is 6.08 Å². The molecule has 0 spiro atoms. The number of carbonyl (C=O) groups excluding carboxylic acids is 1. The van der Waals surface area contributed by atoms with Crippen LogP contribution in [-0.4, -0.2) is 45.8 Å². The minimum atomic E-state index is -3.21. The average Bonchev–Trinajstić information content (AvgIpc) is 2.69. The molecule has 1 aliphatic carbocycles. The van der Waals surface area contributed by atoms with Crippen LogP contribution in [0.5, 0.6) is 0 Å². The lowest BCUT2D eigenvalue weighted by molar-refractivity contribution is -0.109. The number of hydrogen-bond acceptors (Lipinski definition) is 4. The maximum atomic E-state index is 13.6. The number of rotatable bonds is 8. The van der Waals surface area contributed by atoms with Crippen LogP contribution in [0, 0.1) is 11.8 Å². The van der Waals surface area contributed by atoms with E-state index in [2.05, 4.69) is 0 Å². The highest BCUT2D eigenvalue weighted by Gasteiger charge is 2.41. The second kappa shape index (κ2) is 7.96. The first-order valence-electron chi connectivity index (χ1n) is 7.37. The molecule has 0 aromatic rings. The van der Waals surface area contributed by atoms with Crippen molar-refractivity contribution >= 4 is 6.29 Å². The summed E-state index contributed by atoms with van der Waals surface area (Å²) >= 11 is 0. The predicted molar refractivity (Wildman–Crippen MR) is 73.9 cm³/mol. The molecule has 0 aliphatic heterocycles. The highest BCUT2D eigenvalue weighted by Crippen LogP contribution is 2.36. The first kappa shape index (κ1) is 18.2. The molecule has 21 heavy (non-hydrogen) atoms. The third kappa shape index (κ3) is 4.83. The fraction of sp³-hybridized carbons (Fsp3) is 0.800. The average molecular weight is 306 g/mol. The van der Waals surface area contributed by atoms with Gasteiger partial charge < -0.3 is 20.1 Å². The molecule has 0 heterocycles.